The van der Waals surface area contributed by atoms with Crippen molar-refractivity contribution in [1.82, 2.24) is 25.4 Å². The number of nitrogens with one attached hydrogen (secondary N) is 2. The topological polar surface area (TPSA) is 71.8 Å². The van der Waals surface area contributed by atoms with Crippen LogP contribution in [0.2, 0.25) is 0 Å². The van der Waals surface area contributed by atoms with Gasteiger partial charge < -0.3 is 15.2 Å². The van der Waals surface area contributed by atoms with Gasteiger partial charge >= 0.3 is 0 Å². The van der Waals surface area contributed by atoms with Gasteiger partial charge in [-0.3, -0.25) is 4.79 Å². The Morgan fingerprint density at radius 3 is 3.11 bits per heavy atom. The summed E-state index contributed by atoms with van der Waals surface area (Å²) in [4.78, 5) is 11.4. The third kappa shape index (κ3) is 3.70. The monoisotopic (exact) mass is 283 g/mol. The average Bonchev–Trinajstić information content (AvgIpc) is 2.79. The molecule has 1 aromatic rings. The molecule has 0 aromatic carbocycles. The van der Waals surface area contributed by atoms with Crippen LogP contribution in [0.1, 0.15) is 31.5 Å². The Labute approximate surface area is 117 Å². The van der Waals surface area contributed by atoms with Gasteiger partial charge in [-0.1, -0.05) is 11.8 Å². The van der Waals surface area contributed by atoms with Crippen LogP contribution < -0.4 is 10.6 Å². The van der Waals surface area contributed by atoms with E-state index in [1.807, 2.05) is 18.5 Å². The van der Waals surface area contributed by atoms with Crippen molar-refractivity contribution in [3.8, 4) is 0 Å². The zero-order chi connectivity index (χ0) is 13.7. The molecule has 2 N–H and O–H groups in total. The Hall–Kier alpha value is -1.08. The third-order valence-corrected chi connectivity index (χ3v) is 4.26. The van der Waals surface area contributed by atoms with E-state index in [2.05, 4.69) is 20.8 Å². The maximum absolute atomic E-state index is 11.4. The van der Waals surface area contributed by atoms with Gasteiger partial charge in [0.1, 0.15) is 5.82 Å². The fourth-order valence-electron chi connectivity index (χ4n) is 2.26. The fourth-order valence-corrected chi connectivity index (χ4v) is 3.01. The molecule has 0 radical (unpaired) electrons. The number of rotatable bonds is 5. The van der Waals surface area contributed by atoms with Crippen LogP contribution in [0, 0.1) is 0 Å². The molecule has 2 heterocycles. The first kappa shape index (κ1) is 14.3. The molecule has 0 bridgehead atoms. The maximum atomic E-state index is 11.4. The number of piperidine rings is 1. The fraction of sp³-hybridized carbons (Fsp3) is 0.750. The van der Waals surface area contributed by atoms with E-state index in [0.29, 0.717) is 18.2 Å². The molecule has 2 rings (SSSR count). The van der Waals surface area contributed by atoms with E-state index in [4.69, 9.17) is 0 Å². The predicted molar refractivity (Wildman–Crippen MR) is 75.3 cm³/mol. The second kappa shape index (κ2) is 6.91. The molecule has 1 aromatic heterocycles. The first-order valence-electron chi connectivity index (χ1n) is 6.72. The van der Waals surface area contributed by atoms with Gasteiger partial charge in [0, 0.05) is 26.1 Å². The van der Waals surface area contributed by atoms with Crippen LogP contribution in [0.25, 0.3) is 0 Å². The number of carbonyl (C=O) groups excluding carboxylic acids is 1. The number of amides is 1. The minimum Gasteiger partial charge on any atom is -0.356 e. The summed E-state index contributed by atoms with van der Waals surface area (Å²) in [7, 11) is 1.98. The van der Waals surface area contributed by atoms with Crippen LogP contribution in [0.15, 0.2) is 5.16 Å². The van der Waals surface area contributed by atoms with Gasteiger partial charge in [-0.15, -0.1) is 10.2 Å². The second-order valence-electron chi connectivity index (χ2n) is 4.69. The quantitative estimate of drug-likeness (QED) is 0.771. The molecule has 1 aliphatic heterocycles. The van der Waals surface area contributed by atoms with Crippen molar-refractivity contribution < 1.29 is 4.79 Å². The lowest BCUT2D eigenvalue weighted by atomic mass is 9.99. The zero-order valence-corrected chi connectivity index (χ0v) is 12.3. The molecule has 7 heteroatoms. The number of nitrogens with zero attached hydrogens (tertiary/aromatic N) is 3. The number of aromatic nitrogens is 3. The molecule has 0 aliphatic carbocycles. The van der Waals surface area contributed by atoms with Gasteiger partial charge in [-0.25, -0.2) is 0 Å². The van der Waals surface area contributed by atoms with Crippen LogP contribution in [-0.2, 0) is 11.8 Å². The van der Waals surface area contributed by atoms with E-state index in [0.717, 1.165) is 30.5 Å². The largest absolute Gasteiger partial charge is 0.356 e. The minimum absolute atomic E-state index is 0.0383. The van der Waals surface area contributed by atoms with Crippen molar-refractivity contribution in [3.05, 3.63) is 5.82 Å². The standard InChI is InChI=1S/C12H21N5OS/c1-3-14-10(18)8-19-12-16-15-11(17(12)2)9-5-4-6-13-7-9/h9,13H,3-8H2,1-2H3,(H,14,18). The second-order valence-corrected chi connectivity index (χ2v) is 5.63. The lowest BCUT2D eigenvalue weighted by molar-refractivity contribution is -0.118. The van der Waals surface area contributed by atoms with Crippen molar-refractivity contribution in [2.24, 2.45) is 7.05 Å². The van der Waals surface area contributed by atoms with E-state index >= 15 is 0 Å². The predicted octanol–water partition coefficient (Wildman–Crippen LogP) is 0.510. The Kier molecular flexibility index (Phi) is 5.21. The van der Waals surface area contributed by atoms with Crippen LogP contribution in [0.3, 0.4) is 0 Å². The van der Waals surface area contributed by atoms with E-state index in [1.54, 1.807) is 0 Å². The Bertz CT molecular complexity index is 428. The van der Waals surface area contributed by atoms with E-state index < -0.39 is 0 Å². The molecule has 1 aliphatic rings. The SMILES string of the molecule is CCNC(=O)CSc1nnc(C2CCCNC2)n1C. The molecule has 19 heavy (non-hydrogen) atoms. The van der Waals surface area contributed by atoms with Crippen molar-refractivity contribution >= 4 is 17.7 Å². The molecule has 1 unspecified atom stereocenters. The summed E-state index contributed by atoms with van der Waals surface area (Å²) in [6.07, 6.45) is 2.33. The summed E-state index contributed by atoms with van der Waals surface area (Å²) >= 11 is 1.44. The number of hydrogen-bond donors (Lipinski definition) is 2. The summed E-state index contributed by atoms with van der Waals surface area (Å²) in [5, 5.41) is 15.4. The lowest BCUT2D eigenvalue weighted by Gasteiger charge is -2.21. The molecular weight excluding hydrogens is 262 g/mol. The van der Waals surface area contributed by atoms with Crippen molar-refractivity contribution in [2.45, 2.75) is 30.8 Å². The highest BCUT2D eigenvalue weighted by atomic mass is 32.2. The van der Waals surface area contributed by atoms with Gasteiger partial charge in [0.15, 0.2) is 5.16 Å². The average molecular weight is 283 g/mol. The highest BCUT2D eigenvalue weighted by Crippen LogP contribution is 2.24. The molecular formula is C12H21N5OS. The smallest absolute Gasteiger partial charge is 0.230 e. The summed E-state index contributed by atoms with van der Waals surface area (Å²) in [6, 6.07) is 0. The van der Waals surface area contributed by atoms with Crippen molar-refractivity contribution in [2.75, 3.05) is 25.4 Å². The molecule has 0 spiro atoms. The molecule has 1 amide bonds. The van der Waals surface area contributed by atoms with Crippen molar-refractivity contribution in [1.29, 1.82) is 0 Å². The molecule has 1 atom stereocenters. The number of thioether (sulfide) groups is 1. The van der Waals surface area contributed by atoms with Gasteiger partial charge in [-0.2, -0.15) is 0 Å². The normalized spacial score (nSPS) is 19.4. The van der Waals surface area contributed by atoms with E-state index in [1.165, 1.54) is 18.2 Å². The first-order chi connectivity index (χ1) is 9.22. The van der Waals surface area contributed by atoms with Gasteiger partial charge in [0.25, 0.3) is 0 Å². The summed E-state index contributed by atoms with van der Waals surface area (Å²) in [5.74, 6) is 1.88. The van der Waals surface area contributed by atoms with Crippen LogP contribution in [-0.4, -0.2) is 46.1 Å². The Morgan fingerprint density at radius 1 is 1.58 bits per heavy atom. The lowest BCUT2D eigenvalue weighted by Crippen LogP contribution is -2.29. The molecule has 1 saturated heterocycles. The van der Waals surface area contributed by atoms with Gasteiger partial charge in [0.2, 0.25) is 5.91 Å². The van der Waals surface area contributed by atoms with E-state index in [-0.39, 0.29) is 5.91 Å². The molecule has 0 saturated carbocycles. The summed E-state index contributed by atoms with van der Waals surface area (Å²) in [6.45, 7) is 4.64. The summed E-state index contributed by atoms with van der Waals surface area (Å²) in [5.41, 5.74) is 0. The third-order valence-electron chi connectivity index (χ3n) is 3.24. The molecule has 106 valence electrons. The van der Waals surface area contributed by atoms with Gasteiger partial charge in [-0.05, 0) is 26.3 Å². The Balaban J connectivity index is 1.95. The molecule has 6 nitrogen and oxygen atoms in total. The van der Waals surface area contributed by atoms with Crippen LogP contribution >= 0.6 is 11.8 Å². The summed E-state index contributed by atoms with van der Waals surface area (Å²) < 4.78 is 2.02. The highest BCUT2D eigenvalue weighted by Gasteiger charge is 2.21. The molecule has 1 fully saturated rings. The minimum atomic E-state index is 0.0383. The highest BCUT2D eigenvalue weighted by molar-refractivity contribution is 7.99. The number of carbonyl (C=O) groups is 1. The maximum Gasteiger partial charge on any atom is 0.230 e. The van der Waals surface area contributed by atoms with Crippen molar-refractivity contribution in [3.63, 3.8) is 0 Å². The van der Waals surface area contributed by atoms with E-state index in [9.17, 15) is 4.79 Å². The van der Waals surface area contributed by atoms with Crippen LogP contribution in [0.4, 0.5) is 0 Å². The number of hydrogen-bond acceptors (Lipinski definition) is 5. The zero-order valence-electron chi connectivity index (χ0n) is 11.5. The van der Waals surface area contributed by atoms with Gasteiger partial charge in [0.05, 0.1) is 5.75 Å². The first-order valence-corrected chi connectivity index (χ1v) is 7.70. The Morgan fingerprint density at radius 2 is 2.42 bits per heavy atom. The van der Waals surface area contributed by atoms with Crippen LogP contribution in [0.5, 0.6) is 0 Å².